The van der Waals surface area contributed by atoms with E-state index in [0.29, 0.717) is 22.3 Å². The summed E-state index contributed by atoms with van der Waals surface area (Å²) in [4.78, 5) is 54.1. The molecule has 1 fully saturated rings. The van der Waals surface area contributed by atoms with E-state index in [9.17, 15) is 24.5 Å². The number of nitro groups is 1. The van der Waals surface area contributed by atoms with Crippen LogP contribution < -0.4 is 4.90 Å². The molecule has 0 aromatic heterocycles. The maximum absolute atomic E-state index is 14.0. The Bertz CT molecular complexity index is 1430. The minimum Gasteiger partial charge on any atom is -0.459 e. The summed E-state index contributed by atoms with van der Waals surface area (Å²) in [6.07, 6.45) is -0.341. The molecule has 3 aromatic carbocycles. The van der Waals surface area contributed by atoms with Crippen molar-refractivity contribution >= 4 is 23.5 Å². The number of amides is 2. The Morgan fingerprint density at radius 3 is 2.14 bits per heavy atom. The van der Waals surface area contributed by atoms with Crippen molar-refractivity contribution < 1.29 is 24.0 Å². The molecule has 4 aliphatic rings. The normalized spacial score (nSPS) is 25.4. The first-order valence-corrected chi connectivity index (χ1v) is 11.8. The van der Waals surface area contributed by atoms with Gasteiger partial charge >= 0.3 is 5.97 Å². The van der Waals surface area contributed by atoms with Gasteiger partial charge in [-0.2, -0.15) is 0 Å². The number of rotatable bonds is 4. The van der Waals surface area contributed by atoms with Crippen LogP contribution in [0.3, 0.4) is 0 Å². The number of esters is 1. The van der Waals surface area contributed by atoms with Crippen LogP contribution in [0.4, 0.5) is 5.69 Å². The monoisotopic (exact) mass is 482 g/mol. The number of hydrogen-bond acceptors (Lipinski definition) is 6. The second-order valence-electron chi connectivity index (χ2n) is 9.70. The molecular weight excluding hydrogens is 460 g/mol. The third-order valence-electron chi connectivity index (χ3n) is 7.54. The fraction of sp³-hybridized carbons (Fsp3) is 0.250. The number of benzene rings is 3. The molecule has 1 saturated heterocycles. The zero-order valence-electron chi connectivity index (χ0n) is 19.6. The van der Waals surface area contributed by atoms with Gasteiger partial charge in [-0.1, -0.05) is 54.6 Å². The largest absolute Gasteiger partial charge is 0.459 e. The molecule has 2 atom stereocenters. The predicted molar refractivity (Wildman–Crippen MR) is 129 cm³/mol. The van der Waals surface area contributed by atoms with E-state index in [0.717, 1.165) is 4.90 Å². The zero-order valence-corrected chi connectivity index (χ0v) is 19.6. The average Bonchev–Trinajstić information content (AvgIpc) is 3.14. The lowest BCUT2D eigenvalue weighted by Crippen LogP contribution is -2.57. The first-order chi connectivity index (χ1) is 17.3. The highest BCUT2D eigenvalue weighted by atomic mass is 16.6. The van der Waals surface area contributed by atoms with Crippen LogP contribution in [0.15, 0.2) is 72.8 Å². The van der Waals surface area contributed by atoms with Crippen molar-refractivity contribution in [1.82, 2.24) is 0 Å². The number of nitrogens with zero attached hydrogens (tertiary/aromatic N) is 2. The van der Waals surface area contributed by atoms with E-state index in [1.165, 1.54) is 6.07 Å². The topological polar surface area (TPSA) is 107 Å². The van der Waals surface area contributed by atoms with Crippen molar-refractivity contribution in [2.75, 3.05) is 4.90 Å². The number of imide groups is 1. The van der Waals surface area contributed by atoms with Crippen LogP contribution in [0.2, 0.25) is 0 Å². The molecule has 180 valence electrons. The summed E-state index contributed by atoms with van der Waals surface area (Å²) in [5, 5.41) is 13.0. The molecule has 1 aliphatic heterocycles. The van der Waals surface area contributed by atoms with Crippen LogP contribution in [0, 0.1) is 22.0 Å². The van der Waals surface area contributed by atoms with Gasteiger partial charge in [-0.3, -0.25) is 19.7 Å². The molecule has 7 rings (SSSR count). The zero-order chi connectivity index (χ0) is 25.4. The Labute approximate surface area is 206 Å². The smallest absolute Gasteiger partial charge is 0.338 e. The molecule has 3 aliphatic carbocycles. The van der Waals surface area contributed by atoms with Crippen LogP contribution in [0.25, 0.3) is 0 Å². The maximum atomic E-state index is 14.0. The Hall–Kier alpha value is -4.33. The lowest BCUT2D eigenvalue weighted by atomic mass is 9.51. The highest BCUT2D eigenvalue weighted by Crippen LogP contribution is 2.64. The lowest BCUT2D eigenvalue weighted by molar-refractivity contribution is -0.578. The van der Waals surface area contributed by atoms with E-state index in [-0.39, 0.29) is 17.4 Å². The minimum absolute atomic E-state index is 0.190. The van der Waals surface area contributed by atoms with Gasteiger partial charge in [0.05, 0.1) is 23.3 Å². The Morgan fingerprint density at radius 1 is 0.944 bits per heavy atom. The molecule has 0 spiro atoms. The third-order valence-corrected chi connectivity index (χ3v) is 7.54. The molecule has 3 aromatic rings. The quantitative estimate of drug-likeness (QED) is 0.240. The van der Waals surface area contributed by atoms with Crippen molar-refractivity contribution in [3.8, 4) is 0 Å². The number of carbonyl (C=O) groups is 3. The molecule has 0 N–H and O–H groups in total. The van der Waals surface area contributed by atoms with E-state index in [4.69, 9.17) is 4.74 Å². The van der Waals surface area contributed by atoms with E-state index in [2.05, 4.69) is 0 Å². The molecule has 0 unspecified atom stereocenters. The molecular formula is C28H22N2O6. The van der Waals surface area contributed by atoms with Gasteiger partial charge in [-0.25, -0.2) is 9.69 Å². The summed E-state index contributed by atoms with van der Waals surface area (Å²) in [6.45, 7) is 3.45. The molecule has 1 heterocycles. The standard InChI is InChI=1S/C28H22N2O6/c1-15(2)36-27(33)16-8-7-9-17(14-16)29-25(31)23-22-18-10-3-5-12-20(18)28(30(34)35,24(23)26(29)32)21-13-6-4-11-19(21)22/h3-15,22-24H,1-2H3/t22?,23-,24+,28?/m1/s1. The molecule has 36 heavy (non-hydrogen) atoms. The van der Waals surface area contributed by atoms with Crippen LogP contribution in [-0.2, 0) is 19.9 Å². The van der Waals surface area contributed by atoms with Gasteiger partial charge in [-0.05, 0) is 43.2 Å². The maximum Gasteiger partial charge on any atom is 0.338 e. The summed E-state index contributed by atoms with van der Waals surface area (Å²) in [6, 6.07) is 20.2. The van der Waals surface area contributed by atoms with E-state index in [1.807, 2.05) is 12.1 Å². The summed E-state index contributed by atoms with van der Waals surface area (Å²) in [7, 11) is 0. The third kappa shape index (κ3) is 2.66. The fourth-order valence-electron chi connectivity index (χ4n) is 6.35. The summed E-state index contributed by atoms with van der Waals surface area (Å²) < 4.78 is 5.26. The summed E-state index contributed by atoms with van der Waals surface area (Å²) in [5.74, 6) is -4.34. The molecule has 2 bridgehead atoms. The van der Waals surface area contributed by atoms with Gasteiger partial charge in [0.25, 0.3) is 5.54 Å². The van der Waals surface area contributed by atoms with Gasteiger partial charge in [0.2, 0.25) is 11.8 Å². The van der Waals surface area contributed by atoms with Gasteiger partial charge in [0.1, 0.15) is 5.92 Å². The van der Waals surface area contributed by atoms with Crippen LogP contribution >= 0.6 is 0 Å². The number of ether oxygens (including phenoxy) is 1. The minimum atomic E-state index is -1.89. The Kier molecular flexibility index (Phi) is 4.67. The van der Waals surface area contributed by atoms with Crippen molar-refractivity contribution in [3.63, 3.8) is 0 Å². The molecule has 8 nitrogen and oxygen atoms in total. The van der Waals surface area contributed by atoms with Gasteiger partial charge < -0.3 is 4.74 Å². The lowest BCUT2D eigenvalue weighted by Gasteiger charge is -2.48. The Balaban J connectivity index is 1.55. The molecule has 8 heteroatoms. The second kappa shape index (κ2) is 7.58. The average molecular weight is 482 g/mol. The van der Waals surface area contributed by atoms with Gasteiger partial charge in [-0.15, -0.1) is 0 Å². The van der Waals surface area contributed by atoms with Gasteiger partial charge in [0.15, 0.2) is 0 Å². The molecule has 2 amide bonds. The molecule has 0 saturated carbocycles. The van der Waals surface area contributed by atoms with Crippen molar-refractivity contribution in [2.24, 2.45) is 11.8 Å². The number of hydrogen-bond donors (Lipinski definition) is 0. The number of anilines is 1. The van der Waals surface area contributed by atoms with E-state index in [1.54, 1.807) is 68.4 Å². The summed E-state index contributed by atoms with van der Waals surface area (Å²) in [5.41, 5.74) is 0.813. The van der Waals surface area contributed by atoms with Crippen molar-refractivity contribution in [2.45, 2.75) is 31.4 Å². The van der Waals surface area contributed by atoms with E-state index < -0.39 is 46.0 Å². The first kappa shape index (κ1) is 22.2. The second-order valence-corrected chi connectivity index (χ2v) is 9.70. The van der Waals surface area contributed by atoms with Crippen LogP contribution in [0.1, 0.15) is 52.4 Å². The van der Waals surface area contributed by atoms with Crippen molar-refractivity contribution in [3.05, 3.63) is 111 Å². The van der Waals surface area contributed by atoms with Crippen LogP contribution in [-0.4, -0.2) is 28.8 Å². The Morgan fingerprint density at radius 2 is 1.56 bits per heavy atom. The first-order valence-electron chi connectivity index (χ1n) is 11.8. The van der Waals surface area contributed by atoms with E-state index >= 15 is 0 Å². The highest BCUT2D eigenvalue weighted by molar-refractivity contribution is 6.23. The highest BCUT2D eigenvalue weighted by Gasteiger charge is 2.74. The predicted octanol–water partition coefficient (Wildman–Crippen LogP) is 4.04. The number of carbonyl (C=O) groups excluding carboxylic acids is 3. The summed E-state index contributed by atoms with van der Waals surface area (Å²) >= 11 is 0. The van der Waals surface area contributed by atoms with Crippen LogP contribution in [0.5, 0.6) is 0 Å². The molecule has 0 radical (unpaired) electrons. The SMILES string of the molecule is CC(C)OC(=O)c1cccc(N2C(=O)[C@@H]3C4c5ccccc5C([N+](=O)[O-])(c5ccccc54)[C@@H]3C2=O)c1. The van der Waals surface area contributed by atoms with Gasteiger partial charge in [0, 0.05) is 22.0 Å². The fourth-order valence-corrected chi connectivity index (χ4v) is 6.35. The van der Waals surface area contributed by atoms with Crippen molar-refractivity contribution in [1.29, 1.82) is 0 Å².